The van der Waals surface area contributed by atoms with E-state index in [9.17, 15) is 9.59 Å². The number of esters is 1. The molecule has 39 heavy (non-hydrogen) atoms. The summed E-state index contributed by atoms with van der Waals surface area (Å²) in [6, 6.07) is 26.8. The molecule has 0 aliphatic carbocycles. The molecule has 2 atom stereocenters. The summed E-state index contributed by atoms with van der Waals surface area (Å²) in [7, 11) is 0. The molecule has 0 radical (unpaired) electrons. The fraction of sp³-hybridized carbons (Fsp3) is 0.167. The van der Waals surface area contributed by atoms with Crippen LogP contribution in [0.5, 0.6) is 0 Å². The molecule has 0 spiro atoms. The van der Waals surface area contributed by atoms with Crippen molar-refractivity contribution in [2.75, 3.05) is 5.75 Å². The van der Waals surface area contributed by atoms with E-state index in [4.69, 9.17) is 10.5 Å². The Hall–Kier alpha value is -3.79. The average molecular weight is 555 g/mol. The molecule has 1 aromatic heterocycles. The Morgan fingerprint density at radius 1 is 1.05 bits per heavy atom. The largest absolute Gasteiger partial charge is 0.448 e. The maximum atomic E-state index is 13.9. The van der Waals surface area contributed by atoms with Gasteiger partial charge in [0.05, 0.1) is 0 Å². The third kappa shape index (κ3) is 5.25. The molecule has 2 aliphatic rings. The molecule has 196 valence electrons. The highest BCUT2D eigenvalue weighted by Crippen LogP contribution is 2.45. The van der Waals surface area contributed by atoms with Crippen LogP contribution in [0.2, 0.25) is 0 Å². The number of amides is 1. The molecule has 7 nitrogen and oxygen atoms in total. The number of carbonyl (C=O) groups excluding carboxylic acids is 2. The van der Waals surface area contributed by atoms with Gasteiger partial charge in [-0.2, -0.15) is 0 Å². The zero-order valence-electron chi connectivity index (χ0n) is 20.9. The van der Waals surface area contributed by atoms with E-state index < -0.39 is 18.1 Å². The third-order valence-corrected chi connectivity index (χ3v) is 9.26. The van der Waals surface area contributed by atoms with E-state index in [0.29, 0.717) is 12.2 Å². The van der Waals surface area contributed by atoms with E-state index in [1.54, 1.807) is 18.0 Å². The highest BCUT2D eigenvalue weighted by atomic mass is 32.2. The number of nitrogens with one attached hydrogen (secondary N) is 1. The summed E-state index contributed by atoms with van der Waals surface area (Å²) >= 11 is 3.05. The van der Waals surface area contributed by atoms with Crippen molar-refractivity contribution in [1.82, 2.24) is 14.9 Å². The number of hydrogen-bond acceptors (Lipinski definition) is 7. The lowest BCUT2D eigenvalue weighted by Crippen LogP contribution is -2.68. The number of carbonyl (C=O) groups is 2. The van der Waals surface area contributed by atoms with Crippen LogP contribution in [0.25, 0.3) is 0 Å². The first kappa shape index (κ1) is 25.5. The lowest BCUT2D eigenvalue weighted by Gasteiger charge is -2.48. The van der Waals surface area contributed by atoms with Crippen LogP contribution < -0.4 is 5.73 Å². The predicted molar refractivity (Wildman–Crippen MR) is 153 cm³/mol. The fourth-order valence-electron chi connectivity index (χ4n) is 4.71. The van der Waals surface area contributed by atoms with Crippen LogP contribution in [0.1, 0.15) is 28.6 Å². The molecule has 9 heteroatoms. The van der Waals surface area contributed by atoms with Gasteiger partial charge >= 0.3 is 5.97 Å². The van der Waals surface area contributed by atoms with Gasteiger partial charge in [0.1, 0.15) is 22.9 Å². The molecule has 0 unspecified atom stereocenters. The van der Waals surface area contributed by atoms with Crippen molar-refractivity contribution < 1.29 is 14.3 Å². The number of nitrogens with two attached hydrogens (primary N) is 1. The average Bonchev–Trinajstić information content (AvgIpc) is 3.50. The van der Waals surface area contributed by atoms with Crippen LogP contribution >= 0.6 is 23.5 Å². The Labute approximate surface area is 234 Å². The topological polar surface area (TPSA) is 101 Å². The Kier molecular flexibility index (Phi) is 7.28. The number of aromatic amines is 1. The summed E-state index contributed by atoms with van der Waals surface area (Å²) in [5, 5.41) is -0.271. The van der Waals surface area contributed by atoms with Gasteiger partial charge < -0.3 is 15.5 Å². The number of β-lactam (4-membered cyclic amide) rings is 1. The molecule has 3 aromatic carbocycles. The first-order valence-corrected chi connectivity index (χ1v) is 14.4. The van der Waals surface area contributed by atoms with Gasteiger partial charge in [-0.15, -0.1) is 11.8 Å². The van der Waals surface area contributed by atoms with Gasteiger partial charge in [-0.3, -0.25) is 9.69 Å². The monoisotopic (exact) mass is 554 g/mol. The van der Waals surface area contributed by atoms with Gasteiger partial charge in [0.25, 0.3) is 0 Å². The zero-order chi connectivity index (χ0) is 26.8. The number of benzene rings is 3. The zero-order valence-corrected chi connectivity index (χ0v) is 22.5. The van der Waals surface area contributed by atoms with Gasteiger partial charge in [-0.1, -0.05) is 84.6 Å². The molecule has 2 aliphatic heterocycles. The summed E-state index contributed by atoms with van der Waals surface area (Å²) in [5.74, 6) is 0.668. The summed E-state index contributed by atoms with van der Waals surface area (Å²) < 4.78 is 6.18. The molecule has 3 N–H and O–H groups in total. The second-order valence-corrected chi connectivity index (χ2v) is 11.5. The molecule has 4 aromatic rings. The number of fused-ring (bicyclic) bond motifs is 1. The van der Waals surface area contributed by atoms with Gasteiger partial charge in [-0.25, -0.2) is 9.78 Å². The quantitative estimate of drug-likeness (QED) is 0.237. The van der Waals surface area contributed by atoms with Crippen molar-refractivity contribution in [2.45, 2.75) is 28.8 Å². The number of H-pyrrole nitrogens is 1. The number of rotatable bonds is 8. The van der Waals surface area contributed by atoms with Crippen LogP contribution in [-0.4, -0.2) is 43.9 Å². The first-order chi connectivity index (χ1) is 19.1. The molecule has 0 bridgehead atoms. The normalized spacial score (nSPS) is 18.6. The summed E-state index contributed by atoms with van der Waals surface area (Å²) in [6.07, 6.45) is 3.64. The fourth-order valence-corrected chi connectivity index (χ4v) is 7.12. The predicted octanol–water partition coefficient (Wildman–Crippen LogP) is 4.88. The van der Waals surface area contributed by atoms with E-state index in [1.165, 1.54) is 16.7 Å². The van der Waals surface area contributed by atoms with Crippen LogP contribution in [-0.2, 0) is 20.7 Å². The SMILES string of the molecule is N[C@@H]1C(=O)N2C(C(=O)OC(c3ccccc3)c3ccccc3)=C(Sc3ccc(Cc4ncc[nH]4)cc3)CS[C@H]12. The van der Waals surface area contributed by atoms with E-state index in [0.717, 1.165) is 32.3 Å². The second kappa shape index (κ2) is 11.1. The van der Waals surface area contributed by atoms with E-state index in [1.807, 2.05) is 91.1 Å². The van der Waals surface area contributed by atoms with Gasteiger partial charge in [0.15, 0.2) is 6.10 Å². The van der Waals surface area contributed by atoms with Crippen molar-refractivity contribution in [1.29, 1.82) is 0 Å². The van der Waals surface area contributed by atoms with E-state index in [2.05, 4.69) is 9.97 Å². The maximum absolute atomic E-state index is 13.9. The lowest BCUT2D eigenvalue weighted by molar-refractivity contribution is -0.152. The first-order valence-electron chi connectivity index (χ1n) is 12.6. The summed E-state index contributed by atoms with van der Waals surface area (Å²) in [4.78, 5) is 37.4. The minimum atomic E-state index is -0.621. The van der Waals surface area contributed by atoms with Crippen LogP contribution in [0.15, 0.2) is 113 Å². The standard InChI is InChI=1S/C30H26N4O3S2/c31-25-28(35)34-26(30(36)37-27(20-7-3-1-4-8-20)21-9-5-2-6-10-21)23(18-38-29(25)34)39-22-13-11-19(12-14-22)17-24-32-15-16-33-24/h1-16,25,27,29H,17-18,31H2,(H,32,33)/t25-,29-/m1/s1. The number of hydrogen-bond donors (Lipinski definition) is 2. The number of nitrogens with zero attached hydrogens (tertiary/aromatic N) is 2. The molecule has 0 saturated carbocycles. The van der Waals surface area contributed by atoms with Crippen LogP contribution in [0.4, 0.5) is 0 Å². The lowest BCUT2D eigenvalue weighted by atomic mass is 10.0. The minimum Gasteiger partial charge on any atom is -0.448 e. The Morgan fingerprint density at radius 3 is 2.33 bits per heavy atom. The smallest absolute Gasteiger partial charge is 0.356 e. The maximum Gasteiger partial charge on any atom is 0.356 e. The van der Waals surface area contributed by atoms with Gasteiger partial charge in [-0.05, 0) is 28.8 Å². The molecule has 3 heterocycles. The van der Waals surface area contributed by atoms with Crippen molar-refractivity contribution in [2.24, 2.45) is 5.73 Å². The van der Waals surface area contributed by atoms with Crippen molar-refractivity contribution in [3.8, 4) is 0 Å². The van der Waals surface area contributed by atoms with Crippen molar-refractivity contribution in [3.63, 3.8) is 0 Å². The number of imidazole rings is 1. The van der Waals surface area contributed by atoms with Crippen molar-refractivity contribution in [3.05, 3.63) is 130 Å². The second-order valence-electron chi connectivity index (χ2n) is 9.27. The molecule has 1 saturated heterocycles. The summed E-state index contributed by atoms with van der Waals surface area (Å²) in [5.41, 5.74) is 9.21. The molecule has 1 amide bonds. The Morgan fingerprint density at radius 2 is 1.72 bits per heavy atom. The molecule has 6 rings (SSSR count). The van der Waals surface area contributed by atoms with Gasteiger partial charge in [0.2, 0.25) is 5.91 Å². The van der Waals surface area contributed by atoms with Gasteiger partial charge in [0, 0.05) is 34.4 Å². The van der Waals surface area contributed by atoms with E-state index in [-0.39, 0.29) is 17.0 Å². The number of aromatic nitrogens is 2. The Bertz CT molecular complexity index is 1450. The van der Waals surface area contributed by atoms with Crippen molar-refractivity contribution >= 4 is 35.4 Å². The van der Waals surface area contributed by atoms with Crippen LogP contribution in [0, 0.1) is 0 Å². The molecule has 1 fully saturated rings. The highest BCUT2D eigenvalue weighted by Gasteiger charge is 2.52. The number of thioether (sulfide) groups is 2. The van der Waals surface area contributed by atoms with Crippen LogP contribution in [0.3, 0.4) is 0 Å². The molecular weight excluding hydrogens is 528 g/mol. The Balaban J connectivity index is 1.30. The summed E-state index contributed by atoms with van der Waals surface area (Å²) in [6.45, 7) is 0. The minimum absolute atomic E-state index is 0.262. The third-order valence-electron chi connectivity index (χ3n) is 6.69. The molecular formula is C30H26N4O3S2. The van der Waals surface area contributed by atoms with E-state index >= 15 is 0 Å². The highest BCUT2D eigenvalue weighted by molar-refractivity contribution is 8.06. The number of ether oxygens (including phenoxy) is 1.